The zero-order chi connectivity index (χ0) is 23.8. The van der Waals surface area contributed by atoms with Gasteiger partial charge in [0.15, 0.2) is 5.82 Å². The fraction of sp³-hybridized carbons (Fsp3) is 0.240. The summed E-state index contributed by atoms with van der Waals surface area (Å²) in [6.07, 6.45) is -5.04. The van der Waals surface area contributed by atoms with Crippen molar-refractivity contribution < 1.29 is 28.1 Å². The highest BCUT2D eigenvalue weighted by Crippen LogP contribution is 2.45. The van der Waals surface area contributed by atoms with E-state index in [1.165, 1.54) is 16.7 Å². The largest absolute Gasteiger partial charge is 0.457 e. The van der Waals surface area contributed by atoms with Crippen LogP contribution in [0.25, 0.3) is 11.0 Å². The molecule has 0 aliphatic carbocycles. The van der Waals surface area contributed by atoms with Crippen LogP contribution in [0.2, 0.25) is 0 Å². The second-order valence-corrected chi connectivity index (χ2v) is 7.81. The Bertz CT molecular complexity index is 1280. The van der Waals surface area contributed by atoms with Gasteiger partial charge in [0.1, 0.15) is 11.5 Å². The highest BCUT2D eigenvalue weighted by molar-refractivity contribution is 5.78. The Kier molecular flexibility index (Phi) is 5.90. The highest BCUT2D eigenvalue weighted by atomic mass is 19.4. The molecule has 33 heavy (non-hydrogen) atoms. The predicted octanol–water partition coefficient (Wildman–Crippen LogP) is 5.45. The number of hydrogen-bond donors (Lipinski definition) is 2. The molecule has 5 nitrogen and oxygen atoms in total. The summed E-state index contributed by atoms with van der Waals surface area (Å²) in [5.41, 5.74) is -1.56. The number of benzene rings is 3. The molecule has 0 radical (unpaired) electrons. The molecule has 0 spiro atoms. The minimum absolute atomic E-state index is 0.146. The number of aliphatic hydroxyl groups excluding tert-OH is 1. The number of ether oxygens (including phenoxy) is 1. The molecule has 1 atom stereocenters. The molecule has 4 aromatic rings. The van der Waals surface area contributed by atoms with Crippen LogP contribution in [-0.2, 0) is 18.8 Å². The van der Waals surface area contributed by atoms with Crippen molar-refractivity contribution in [3.05, 3.63) is 89.2 Å². The quantitative estimate of drug-likeness (QED) is 0.405. The summed E-state index contributed by atoms with van der Waals surface area (Å²) in [6, 6.07) is 17.2. The Labute approximate surface area is 188 Å². The third-order valence-electron chi connectivity index (χ3n) is 5.55. The molecule has 1 heterocycles. The molecule has 0 aliphatic rings. The SMILES string of the molecule is CCn1c(C(O)(c2ccc(CO)cc2)C(F)(F)F)nc2ccc(Oc3cccc(C)c3)cc21. The van der Waals surface area contributed by atoms with Gasteiger partial charge in [-0.3, -0.25) is 0 Å². The third-order valence-corrected chi connectivity index (χ3v) is 5.55. The van der Waals surface area contributed by atoms with Gasteiger partial charge in [-0.2, -0.15) is 13.2 Å². The minimum atomic E-state index is -5.04. The van der Waals surface area contributed by atoms with E-state index >= 15 is 0 Å². The first-order chi connectivity index (χ1) is 15.7. The Morgan fingerprint density at radius 2 is 1.67 bits per heavy atom. The molecule has 0 fully saturated rings. The van der Waals surface area contributed by atoms with E-state index in [1.807, 2.05) is 25.1 Å². The van der Waals surface area contributed by atoms with Crippen LogP contribution in [0.5, 0.6) is 11.5 Å². The van der Waals surface area contributed by atoms with Crippen molar-refractivity contribution in [3.63, 3.8) is 0 Å². The van der Waals surface area contributed by atoms with Crippen LogP contribution in [-0.4, -0.2) is 25.9 Å². The van der Waals surface area contributed by atoms with Crippen LogP contribution >= 0.6 is 0 Å². The summed E-state index contributed by atoms with van der Waals surface area (Å²) in [5.74, 6) is 0.516. The summed E-state index contributed by atoms with van der Waals surface area (Å²) in [4.78, 5) is 4.19. The van der Waals surface area contributed by atoms with Gasteiger partial charge in [0.2, 0.25) is 5.60 Å². The lowest BCUT2D eigenvalue weighted by atomic mass is 9.91. The van der Waals surface area contributed by atoms with E-state index in [-0.39, 0.29) is 18.7 Å². The van der Waals surface area contributed by atoms with Crippen molar-refractivity contribution in [3.8, 4) is 11.5 Å². The maximum atomic E-state index is 14.3. The molecule has 8 heteroatoms. The van der Waals surface area contributed by atoms with Gasteiger partial charge in [-0.05, 0) is 49.2 Å². The summed E-state index contributed by atoms with van der Waals surface area (Å²) in [6.45, 7) is 3.44. The standard InChI is InChI=1S/C25H23F3N2O3/c1-3-30-22-14-20(33-19-6-4-5-16(2)13-19)11-12-21(22)29-23(30)24(32,25(26,27)28)18-9-7-17(15-31)8-10-18/h4-14,31-32H,3,15H2,1-2H3. The molecule has 4 rings (SSSR count). The number of nitrogens with zero attached hydrogens (tertiary/aromatic N) is 2. The number of rotatable bonds is 6. The van der Waals surface area contributed by atoms with Crippen LogP contribution in [0, 0.1) is 6.92 Å². The molecule has 172 valence electrons. The smallest absolute Gasteiger partial charge is 0.428 e. The molecule has 0 amide bonds. The first-order valence-electron chi connectivity index (χ1n) is 10.4. The summed E-state index contributed by atoms with van der Waals surface area (Å²) < 4.78 is 50.2. The molecular weight excluding hydrogens is 433 g/mol. The maximum Gasteiger partial charge on any atom is 0.428 e. The summed E-state index contributed by atoms with van der Waals surface area (Å²) >= 11 is 0. The van der Waals surface area contributed by atoms with E-state index in [0.717, 1.165) is 17.7 Å². The molecule has 1 aromatic heterocycles. The zero-order valence-corrected chi connectivity index (χ0v) is 18.1. The van der Waals surface area contributed by atoms with Crippen LogP contribution in [0.1, 0.15) is 29.4 Å². The molecule has 1 unspecified atom stereocenters. The zero-order valence-electron chi connectivity index (χ0n) is 18.1. The summed E-state index contributed by atoms with van der Waals surface area (Å²) in [5, 5.41) is 20.3. The first kappa shape index (κ1) is 22.8. The number of halogens is 3. The van der Waals surface area contributed by atoms with Crippen LogP contribution in [0.3, 0.4) is 0 Å². The monoisotopic (exact) mass is 456 g/mol. The topological polar surface area (TPSA) is 67.5 Å². The molecule has 0 aliphatic heterocycles. The summed E-state index contributed by atoms with van der Waals surface area (Å²) in [7, 11) is 0. The van der Waals surface area contributed by atoms with Crippen molar-refractivity contribution in [2.75, 3.05) is 0 Å². The molecule has 0 bridgehead atoms. The van der Waals surface area contributed by atoms with Gasteiger partial charge in [0.05, 0.1) is 17.6 Å². The molecule has 0 saturated carbocycles. The minimum Gasteiger partial charge on any atom is -0.457 e. The fourth-order valence-corrected chi connectivity index (χ4v) is 3.85. The van der Waals surface area contributed by atoms with E-state index in [1.54, 1.807) is 31.2 Å². The van der Waals surface area contributed by atoms with Crippen molar-refractivity contribution in [2.45, 2.75) is 38.8 Å². The van der Waals surface area contributed by atoms with Gasteiger partial charge in [0.25, 0.3) is 0 Å². The average Bonchev–Trinajstić information content (AvgIpc) is 3.16. The number of alkyl halides is 3. The molecule has 3 aromatic carbocycles. The van der Waals surface area contributed by atoms with Crippen LogP contribution in [0.15, 0.2) is 66.7 Å². The highest BCUT2D eigenvalue weighted by Gasteiger charge is 2.59. The van der Waals surface area contributed by atoms with E-state index in [2.05, 4.69) is 4.98 Å². The Morgan fingerprint density at radius 1 is 0.970 bits per heavy atom. The van der Waals surface area contributed by atoms with Gasteiger partial charge >= 0.3 is 6.18 Å². The van der Waals surface area contributed by atoms with Crippen molar-refractivity contribution in [1.29, 1.82) is 0 Å². The van der Waals surface area contributed by atoms with Gasteiger partial charge in [-0.15, -0.1) is 0 Å². The molecule has 0 saturated heterocycles. The second kappa shape index (κ2) is 8.53. The predicted molar refractivity (Wildman–Crippen MR) is 118 cm³/mol. The van der Waals surface area contributed by atoms with Gasteiger partial charge < -0.3 is 19.5 Å². The third kappa shape index (κ3) is 4.07. The lowest BCUT2D eigenvalue weighted by Crippen LogP contribution is -2.45. The number of aryl methyl sites for hydroxylation is 2. The Hall–Kier alpha value is -3.36. The lowest BCUT2D eigenvalue weighted by molar-refractivity contribution is -0.252. The van der Waals surface area contributed by atoms with E-state index in [4.69, 9.17) is 4.74 Å². The number of aromatic nitrogens is 2. The van der Waals surface area contributed by atoms with Crippen molar-refractivity contribution in [2.24, 2.45) is 0 Å². The van der Waals surface area contributed by atoms with Gasteiger partial charge in [-0.1, -0.05) is 36.4 Å². The van der Waals surface area contributed by atoms with E-state index < -0.39 is 17.6 Å². The Morgan fingerprint density at radius 3 is 2.27 bits per heavy atom. The number of aliphatic hydroxyl groups is 2. The number of imidazole rings is 1. The van der Waals surface area contributed by atoms with Crippen LogP contribution < -0.4 is 4.74 Å². The first-order valence-corrected chi connectivity index (χ1v) is 10.4. The van der Waals surface area contributed by atoms with E-state index in [9.17, 15) is 23.4 Å². The van der Waals surface area contributed by atoms with Crippen molar-refractivity contribution >= 4 is 11.0 Å². The number of hydrogen-bond acceptors (Lipinski definition) is 4. The van der Waals surface area contributed by atoms with Crippen LogP contribution in [0.4, 0.5) is 13.2 Å². The normalized spacial score (nSPS) is 13.8. The average molecular weight is 456 g/mol. The number of fused-ring (bicyclic) bond motifs is 1. The maximum absolute atomic E-state index is 14.3. The Balaban J connectivity index is 1.85. The molecule has 2 N–H and O–H groups in total. The molecular formula is C25H23F3N2O3. The van der Waals surface area contributed by atoms with Gasteiger partial charge in [-0.25, -0.2) is 4.98 Å². The lowest BCUT2D eigenvalue weighted by Gasteiger charge is -2.31. The van der Waals surface area contributed by atoms with Crippen molar-refractivity contribution in [1.82, 2.24) is 9.55 Å². The fourth-order valence-electron chi connectivity index (χ4n) is 3.85. The van der Waals surface area contributed by atoms with E-state index in [0.29, 0.717) is 28.1 Å². The van der Waals surface area contributed by atoms with Gasteiger partial charge in [0, 0.05) is 18.2 Å². The second-order valence-electron chi connectivity index (χ2n) is 7.81.